The van der Waals surface area contributed by atoms with Crippen LogP contribution in [0, 0.1) is 0 Å². The number of benzene rings is 1. The van der Waals surface area contributed by atoms with Crippen LogP contribution in [0.5, 0.6) is 0 Å². The average Bonchev–Trinajstić information content (AvgIpc) is 2.43. The number of aliphatic hydroxyl groups is 1. The summed E-state index contributed by atoms with van der Waals surface area (Å²) in [5.74, 6) is -1.60. The number of amides is 2. The van der Waals surface area contributed by atoms with E-state index in [4.69, 9.17) is 10.2 Å². The van der Waals surface area contributed by atoms with Crippen LogP contribution in [0.4, 0.5) is 5.69 Å². The van der Waals surface area contributed by atoms with Gasteiger partial charge in [0, 0.05) is 24.6 Å². The van der Waals surface area contributed by atoms with Crippen LogP contribution in [-0.4, -0.2) is 40.6 Å². The van der Waals surface area contributed by atoms with E-state index in [1.54, 1.807) is 12.1 Å². The van der Waals surface area contributed by atoms with Crippen molar-refractivity contribution in [2.45, 2.75) is 25.8 Å². The molecular weight excluding hydrogens is 276 g/mol. The van der Waals surface area contributed by atoms with Crippen molar-refractivity contribution in [3.8, 4) is 0 Å². The minimum atomic E-state index is -0.984. The highest BCUT2D eigenvalue weighted by molar-refractivity contribution is 5.95. The van der Waals surface area contributed by atoms with Crippen LogP contribution in [0.3, 0.4) is 0 Å². The molecule has 21 heavy (non-hydrogen) atoms. The highest BCUT2D eigenvalue weighted by Gasteiger charge is 2.14. The predicted molar refractivity (Wildman–Crippen MR) is 76.0 cm³/mol. The maximum absolute atomic E-state index is 11.9. The lowest BCUT2D eigenvalue weighted by molar-refractivity contribution is -0.137. The van der Waals surface area contributed by atoms with Crippen LogP contribution in [0.1, 0.15) is 30.1 Å². The van der Waals surface area contributed by atoms with Gasteiger partial charge in [0.2, 0.25) is 5.91 Å². The van der Waals surface area contributed by atoms with Crippen LogP contribution in [0.15, 0.2) is 24.3 Å². The Labute approximate surface area is 122 Å². The summed E-state index contributed by atoms with van der Waals surface area (Å²) in [5, 5.41) is 22.8. The predicted octanol–water partition coefficient (Wildman–Crippen LogP) is 0.600. The van der Waals surface area contributed by atoms with E-state index in [1.165, 1.54) is 19.1 Å². The van der Waals surface area contributed by atoms with Crippen molar-refractivity contribution in [1.82, 2.24) is 5.32 Å². The average molecular weight is 294 g/mol. The number of aliphatic carboxylic acids is 1. The maximum Gasteiger partial charge on any atom is 0.303 e. The van der Waals surface area contributed by atoms with Crippen LogP contribution >= 0.6 is 0 Å². The monoisotopic (exact) mass is 294 g/mol. The van der Waals surface area contributed by atoms with Gasteiger partial charge in [-0.3, -0.25) is 14.4 Å². The smallest absolute Gasteiger partial charge is 0.303 e. The molecule has 0 saturated carbocycles. The van der Waals surface area contributed by atoms with Crippen molar-refractivity contribution in [2.24, 2.45) is 0 Å². The molecular formula is C14H18N2O5. The number of hydrogen-bond donors (Lipinski definition) is 4. The Hall–Kier alpha value is -2.41. The first-order valence-corrected chi connectivity index (χ1v) is 6.43. The minimum Gasteiger partial charge on any atom is -0.481 e. The lowest BCUT2D eigenvalue weighted by atomic mass is 10.1. The quantitative estimate of drug-likeness (QED) is 0.587. The molecule has 7 heteroatoms. The molecule has 0 bridgehead atoms. The molecule has 7 nitrogen and oxygen atoms in total. The van der Waals surface area contributed by atoms with Gasteiger partial charge in [0.1, 0.15) is 0 Å². The zero-order valence-electron chi connectivity index (χ0n) is 11.6. The number of carbonyl (C=O) groups is 3. The SMILES string of the molecule is CC(=O)Nc1ccc(C(=O)N[C@H](CO)CCC(=O)O)cc1. The molecule has 0 aliphatic carbocycles. The highest BCUT2D eigenvalue weighted by atomic mass is 16.4. The number of rotatable bonds is 7. The summed E-state index contributed by atoms with van der Waals surface area (Å²) in [4.78, 5) is 33.3. The van der Waals surface area contributed by atoms with Gasteiger partial charge in [0.15, 0.2) is 0 Å². The van der Waals surface area contributed by atoms with Crippen LogP contribution < -0.4 is 10.6 Å². The molecule has 0 saturated heterocycles. The van der Waals surface area contributed by atoms with Crippen LogP contribution in [0.2, 0.25) is 0 Å². The molecule has 1 rings (SSSR count). The Morgan fingerprint density at radius 2 is 1.81 bits per heavy atom. The first-order chi connectivity index (χ1) is 9.92. The Bertz CT molecular complexity index is 513. The normalized spacial score (nSPS) is 11.5. The molecule has 1 atom stereocenters. The summed E-state index contributed by atoms with van der Waals surface area (Å²) in [5.41, 5.74) is 0.932. The van der Waals surface area contributed by atoms with E-state index in [0.29, 0.717) is 11.3 Å². The number of anilines is 1. The van der Waals surface area contributed by atoms with Gasteiger partial charge in [-0.25, -0.2) is 0 Å². The second kappa shape index (κ2) is 8.01. The van der Waals surface area contributed by atoms with Crippen molar-refractivity contribution < 1.29 is 24.6 Å². The van der Waals surface area contributed by atoms with E-state index >= 15 is 0 Å². The fourth-order valence-electron chi connectivity index (χ4n) is 1.68. The van der Waals surface area contributed by atoms with Crippen molar-refractivity contribution in [2.75, 3.05) is 11.9 Å². The molecule has 114 valence electrons. The molecule has 0 aliphatic heterocycles. The number of nitrogens with one attached hydrogen (secondary N) is 2. The third-order valence-corrected chi connectivity index (χ3v) is 2.73. The molecule has 0 aromatic heterocycles. The Balaban J connectivity index is 2.61. The number of carbonyl (C=O) groups excluding carboxylic acids is 2. The van der Waals surface area contributed by atoms with Gasteiger partial charge in [-0.05, 0) is 30.7 Å². The third kappa shape index (κ3) is 6.05. The molecule has 0 heterocycles. The third-order valence-electron chi connectivity index (χ3n) is 2.73. The number of hydrogen-bond acceptors (Lipinski definition) is 4. The van der Waals surface area contributed by atoms with Gasteiger partial charge in [-0.2, -0.15) is 0 Å². The Morgan fingerprint density at radius 1 is 1.19 bits per heavy atom. The van der Waals surface area contributed by atoms with Gasteiger partial charge in [0.25, 0.3) is 5.91 Å². The molecule has 0 unspecified atom stereocenters. The number of carboxylic acid groups (broad SMARTS) is 1. The molecule has 4 N–H and O–H groups in total. The van der Waals surface area contributed by atoms with Crippen LogP contribution in [0.25, 0.3) is 0 Å². The van der Waals surface area contributed by atoms with Gasteiger partial charge >= 0.3 is 5.97 Å². The van der Waals surface area contributed by atoms with E-state index in [0.717, 1.165) is 0 Å². The zero-order chi connectivity index (χ0) is 15.8. The fraction of sp³-hybridized carbons (Fsp3) is 0.357. The zero-order valence-corrected chi connectivity index (χ0v) is 11.6. The summed E-state index contributed by atoms with van der Waals surface area (Å²) in [6.07, 6.45) is 0.0223. The van der Waals surface area contributed by atoms with Crippen LogP contribution in [-0.2, 0) is 9.59 Å². The molecule has 1 aromatic rings. The number of carboxylic acids is 1. The summed E-state index contributed by atoms with van der Waals surface area (Å²) in [7, 11) is 0. The number of aliphatic hydroxyl groups excluding tert-OH is 1. The second-order valence-corrected chi connectivity index (χ2v) is 4.54. The topological polar surface area (TPSA) is 116 Å². The van der Waals surface area contributed by atoms with E-state index in [-0.39, 0.29) is 25.4 Å². The van der Waals surface area contributed by atoms with E-state index in [1.807, 2.05) is 0 Å². The van der Waals surface area contributed by atoms with E-state index in [9.17, 15) is 14.4 Å². The summed E-state index contributed by atoms with van der Waals surface area (Å²) in [6, 6.07) is 5.63. The van der Waals surface area contributed by atoms with Crippen molar-refractivity contribution >= 4 is 23.5 Å². The van der Waals surface area contributed by atoms with E-state index < -0.39 is 17.9 Å². The first-order valence-electron chi connectivity index (χ1n) is 6.43. The molecule has 0 radical (unpaired) electrons. The van der Waals surface area contributed by atoms with Crippen molar-refractivity contribution in [1.29, 1.82) is 0 Å². The van der Waals surface area contributed by atoms with Crippen molar-refractivity contribution in [3.05, 3.63) is 29.8 Å². The van der Waals surface area contributed by atoms with Gasteiger partial charge in [-0.1, -0.05) is 0 Å². The van der Waals surface area contributed by atoms with Crippen molar-refractivity contribution in [3.63, 3.8) is 0 Å². The van der Waals surface area contributed by atoms with Gasteiger partial charge in [-0.15, -0.1) is 0 Å². The van der Waals surface area contributed by atoms with E-state index in [2.05, 4.69) is 10.6 Å². The fourth-order valence-corrected chi connectivity index (χ4v) is 1.68. The summed E-state index contributed by atoms with van der Waals surface area (Å²) < 4.78 is 0. The maximum atomic E-state index is 11.9. The molecule has 2 amide bonds. The van der Waals surface area contributed by atoms with Gasteiger partial charge < -0.3 is 20.8 Å². The lowest BCUT2D eigenvalue weighted by Crippen LogP contribution is -2.37. The standard InChI is InChI=1S/C14H18N2O5/c1-9(18)15-11-4-2-10(3-5-11)14(21)16-12(8-17)6-7-13(19)20/h2-5,12,17H,6-8H2,1H3,(H,15,18)(H,16,21)(H,19,20)/t12-/m0/s1. The Kier molecular flexibility index (Phi) is 6.35. The minimum absolute atomic E-state index is 0.132. The molecule has 1 aromatic carbocycles. The second-order valence-electron chi connectivity index (χ2n) is 4.54. The summed E-state index contributed by atoms with van der Waals surface area (Å²) in [6.45, 7) is 1.05. The first kappa shape index (κ1) is 16.6. The molecule has 0 spiro atoms. The Morgan fingerprint density at radius 3 is 2.29 bits per heavy atom. The molecule has 0 aliphatic rings. The summed E-state index contributed by atoms with van der Waals surface area (Å²) >= 11 is 0. The van der Waals surface area contributed by atoms with Gasteiger partial charge in [0.05, 0.1) is 12.6 Å². The molecule has 0 fully saturated rings. The largest absolute Gasteiger partial charge is 0.481 e. The lowest BCUT2D eigenvalue weighted by Gasteiger charge is -2.15. The highest BCUT2D eigenvalue weighted by Crippen LogP contribution is 2.10.